The minimum absolute atomic E-state index is 0.0653. The zero-order valence-electron chi connectivity index (χ0n) is 21.1. The average Bonchev–Trinajstić information content (AvgIpc) is 3.18. The standard InChI is InChI=1S/C27H33FN4O4/c1-27(2,14-35-3)24-22(15-5-7-16(8-6-15)26(33)34)23-20(11-17(13-29)25(30)31-23)32(24)18-9-10-19(28)21(12-18)36-4/h9-13,15-16,29H,5-8,14H2,1-4H3,(H2,30,31)(H,33,34). The number of benzene rings is 1. The molecule has 1 fully saturated rings. The molecule has 8 nitrogen and oxygen atoms in total. The van der Waals surface area contributed by atoms with Crippen molar-refractivity contribution >= 4 is 29.0 Å². The summed E-state index contributed by atoms with van der Waals surface area (Å²) in [6.07, 6.45) is 3.73. The smallest absolute Gasteiger partial charge is 0.306 e. The highest BCUT2D eigenvalue weighted by Gasteiger charge is 2.37. The van der Waals surface area contributed by atoms with E-state index in [2.05, 4.69) is 13.8 Å². The van der Waals surface area contributed by atoms with E-state index in [-0.39, 0.29) is 23.4 Å². The van der Waals surface area contributed by atoms with Gasteiger partial charge in [-0.2, -0.15) is 0 Å². The number of pyridine rings is 1. The molecule has 0 saturated heterocycles. The fourth-order valence-electron chi connectivity index (χ4n) is 5.54. The zero-order valence-corrected chi connectivity index (χ0v) is 21.1. The largest absolute Gasteiger partial charge is 0.494 e. The van der Waals surface area contributed by atoms with Gasteiger partial charge in [0.05, 0.1) is 30.7 Å². The lowest BCUT2D eigenvalue weighted by molar-refractivity contribution is -0.142. The quantitative estimate of drug-likeness (QED) is 0.376. The van der Waals surface area contributed by atoms with Gasteiger partial charge in [-0.25, -0.2) is 9.37 Å². The molecular weight excluding hydrogens is 463 g/mol. The highest BCUT2D eigenvalue weighted by Crippen LogP contribution is 2.46. The second kappa shape index (κ2) is 9.89. The second-order valence-electron chi connectivity index (χ2n) is 10.1. The first-order chi connectivity index (χ1) is 17.1. The van der Waals surface area contributed by atoms with Gasteiger partial charge in [-0.05, 0) is 49.8 Å². The Morgan fingerprint density at radius 1 is 1.28 bits per heavy atom. The summed E-state index contributed by atoms with van der Waals surface area (Å²) in [4.78, 5) is 16.4. The van der Waals surface area contributed by atoms with Crippen molar-refractivity contribution in [2.75, 3.05) is 26.6 Å². The number of halogens is 1. The molecular formula is C27H33FN4O4. The maximum absolute atomic E-state index is 14.4. The van der Waals surface area contributed by atoms with Gasteiger partial charge in [-0.3, -0.25) is 4.79 Å². The van der Waals surface area contributed by atoms with Crippen LogP contribution in [0.15, 0.2) is 24.3 Å². The van der Waals surface area contributed by atoms with Crippen LogP contribution in [0.4, 0.5) is 10.2 Å². The van der Waals surface area contributed by atoms with Crippen LogP contribution in [0, 0.1) is 17.1 Å². The van der Waals surface area contributed by atoms with Gasteiger partial charge in [0.15, 0.2) is 11.6 Å². The van der Waals surface area contributed by atoms with Gasteiger partial charge in [0, 0.05) is 47.3 Å². The van der Waals surface area contributed by atoms with Gasteiger partial charge in [-0.1, -0.05) is 13.8 Å². The molecule has 4 rings (SSSR count). The van der Waals surface area contributed by atoms with Crippen LogP contribution in [0.5, 0.6) is 5.75 Å². The second-order valence-corrected chi connectivity index (χ2v) is 10.1. The lowest BCUT2D eigenvalue weighted by atomic mass is 9.75. The lowest BCUT2D eigenvalue weighted by Gasteiger charge is -2.32. The van der Waals surface area contributed by atoms with E-state index in [1.807, 2.05) is 10.6 Å². The highest BCUT2D eigenvalue weighted by molar-refractivity contribution is 5.94. The number of nitrogens with two attached hydrogens (primary N) is 1. The van der Waals surface area contributed by atoms with Crippen molar-refractivity contribution in [3.63, 3.8) is 0 Å². The van der Waals surface area contributed by atoms with Crippen LogP contribution in [-0.2, 0) is 14.9 Å². The predicted octanol–water partition coefficient (Wildman–Crippen LogP) is 5.04. The van der Waals surface area contributed by atoms with Gasteiger partial charge in [0.2, 0.25) is 0 Å². The number of methoxy groups -OCH3 is 2. The Hall–Kier alpha value is -3.46. The molecule has 1 aromatic carbocycles. The van der Waals surface area contributed by atoms with Gasteiger partial charge < -0.3 is 30.3 Å². The van der Waals surface area contributed by atoms with Crippen LogP contribution < -0.4 is 10.5 Å². The highest BCUT2D eigenvalue weighted by atomic mass is 19.1. The van der Waals surface area contributed by atoms with Gasteiger partial charge in [0.1, 0.15) is 5.82 Å². The summed E-state index contributed by atoms with van der Waals surface area (Å²) in [5.74, 6) is -1.14. The van der Waals surface area contributed by atoms with Crippen molar-refractivity contribution in [1.82, 2.24) is 9.55 Å². The van der Waals surface area contributed by atoms with Gasteiger partial charge >= 0.3 is 5.97 Å². The van der Waals surface area contributed by atoms with E-state index in [0.717, 1.165) is 16.8 Å². The Bertz CT molecular complexity index is 1310. The maximum Gasteiger partial charge on any atom is 0.306 e. The fourth-order valence-corrected chi connectivity index (χ4v) is 5.54. The summed E-state index contributed by atoms with van der Waals surface area (Å²) in [5, 5.41) is 17.4. The SMILES string of the molecule is COCC(C)(C)c1c(C2CCC(C(=O)O)CC2)c2nc(N)c(C=N)cc2n1-c1ccc(F)c(OC)c1. The van der Waals surface area contributed by atoms with Gasteiger partial charge in [-0.15, -0.1) is 0 Å². The first-order valence-corrected chi connectivity index (χ1v) is 12.0. The molecule has 0 aliphatic heterocycles. The topological polar surface area (TPSA) is 123 Å². The molecule has 4 N–H and O–H groups in total. The molecule has 0 spiro atoms. The van der Waals surface area contributed by atoms with Crippen LogP contribution in [0.2, 0.25) is 0 Å². The number of fused-ring (bicyclic) bond motifs is 1. The summed E-state index contributed by atoms with van der Waals surface area (Å²) in [7, 11) is 3.07. The summed E-state index contributed by atoms with van der Waals surface area (Å²) in [6, 6.07) is 6.54. The predicted molar refractivity (Wildman–Crippen MR) is 137 cm³/mol. The van der Waals surface area contributed by atoms with Crippen LogP contribution in [0.1, 0.15) is 62.3 Å². The molecule has 1 aliphatic rings. The van der Waals surface area contributed by atoms with E-state index in [4.69, 9.17) is 25.6 Å². The number of carbonyl (C=O) groups is 1. The van der Waals surface area contributed by atoms with Crippen LogP contribution >= 0.6 is 0 Å². The molecule has 2 heterocycles. The Morgan fingerprint density at radius 2 is 1.97 bits per heavy atom. The summed E-state index contributed by atoms with van der Waals surface area (Å²) < 4.78 is 27.3. The fraction of sp³-hybridized carbons (Fsp3) is 0.444. The Balaban J connectivity index is 2.07. The van der Waals surface area contributed by atoms with Crippen molar-refractivity contribution in [2.24, 2.45) is 5.92 Å². The number of nitrogen functional groups attached to an aromatic ring is 1. The van der Waals surface area contributed by atoms with E-state index in [1.54, 1.807) is 19.2 Å². The van der Waals surface area contributed by atoms with E-state index < -0.39 is 17.2 Å². The molecule has 2 aromatic heterocycles. The summed E-state index contributed by atoms with van der Waals surface area (Å²) in [6.45, 7) is 4.57. The van der Waals surface area contributed by atoms with E-state index >= 15 is 0 Å². The Morgan fingerprint density at radius 3 is 2.56 bits per heavy atom. The minimum atomic E-state index is -0.757. The molecule has 0 atom stereocenters. The number of carboxylic acids is 1. The Kier molecular flexibility index (Phi) is 7.04. The van der Waals surface area contributed by atoms with Crippen molar-refractivity contribution in [2.45, 2.75) is 50.9 Å². The van der Waals surface area contributed by atoms with E-state index in [1.165, 1.54) is 19.4 Å². The Labute approximate surface area is 209 Å². The number of aromatic nitrogens is 2. The third-order valence-corrected chi connectivity index (χ3v) is 7.22. The van der Waals surface area contributed by atoms with Crippen LogP contribution in [0.3, 0.4) is 0 Å². The minimum Gasteiger partial charge on any atom is -0.494 e. The molecule has 1 saturated carbocycles. The van der Waals surface area contributed by atoms with Crippen molar-refractivity contribution in [1.29, 1.82) is 5.41 Å². The number of rotatable bonds is 8. The van der Waals surface area contributed by atoms with Crippen molar-refractivity contribution in [3.8, 4) is 11.4 Å². The number of hydrogen-bond acceptors (Lipinski definition) is 6. The zero-order chi connectivity index (χ0) is 26.2. The van der Waals surface area contributed by atoms with E-state index in [0.29, 0.717) is 49.1 Å². The first kappa shape index (κ1) is 25.6. The molecule has 0 radical (unpaired) electrons. The van der Waals surface area contributed by atoms with Gasteiger partial charge in [0.25, 0.3) is 0 Å². The summed E-state index contributed by atoms with van der Waals surface area (Å²) >= 11 is 0. The first-order valence-electron chi connectivity index (χ1n) is 12.0. The third kappa shape index (κ3) is 4.43. The van der Waals surface area contributed by atoms with Crippen LogP contribution in [0.25, 0.3) is 16.7 Å². The molecule has 1 aliphatic carbocycles. The lowest BCUT2D eigenvalue weighted by Crippen LogP contribution is -2.29. The molecule has 0 unspecified atom stereocenters. The molecule has 9 heteroatoms. The molecule has 192 valence electrons. The number of anilines is 1. The van der Waals surface area contributed by atoms with Crippen LogP contribution in [-0.4, -0.2) is 47.7 Å². The molecule has 0 bridgehead atoms. The molecule has 3 aromatic rings. The monoisotopic (exact) mass is 496 g/mol. The molecule has 36 heavy (non-hydrogen) atoms. The van der Waals surface area contributed by atoms with Crippen molar-refractivity contribution < 1.29 is 23.8 Å². The third-order valence-electron chi connectivity index (χ3n) is 7.22. The number of hydrogen-bond donors (Lipinski definition) is 3. The van der Waals surface area contributed by atoms with Crippen molar-refractivity contribution in [3.05, 3.63) is 46.9 Å². The maximum atomic E-state index is 14.4. The number of nitrogens with one attached hydrogen (secondary N) is 1. The summed E-state index contributed by atoms with van der Waals surface area (Å²) in [5.41, 5.74) is 10.3. The number of aliphatic carboxylic acids is 1. The average molecular weight is 497 g/mol. The number of ether oxygens (including phenoxy) is 2. The molecule has 0 amide bonds. The van der Waals surface area contributed by atoms with E-state index in [9.17, 15) is 14.3 Å². The number of nitrogens with zero attached hydrogens (tertiary/aromatic N) is 2. The normalized spacial score (nSPS) is 18.4. The number of carboxylic acid groups (broad SMARTS) is 1.